The molecule has 0 aliphatic heterocycles. The lowest BCUT2D eigenvalue weighted by atomic mass is 10.1. The zero-order chi connectivity index (χ0) is 16.5. The van der Waals surface area contributed by atoms with Crippen LogP contribution in [0.3, 0.4) is 0 Å². The molecule has 0 unspecified atom stereocenters. The molecule has 2 rings (SSSR count). The van der Waals surface area contributed by atoms with Gasteiger partial charge in [0.1, 0.15) is 5.75 Å². The van der Waals surface area contributed by atoms with Gasteiger partial charge < -0.3 is 15.4 Å². The zero-order valence-corrected chi connectivity index (χ0v) is 14.7. The molecule has 0 aliphatic carbocycles. The number of anilines is 1. The van der Waals surface area contributed by atoms with Gasteiger partial charge in [0.05, 0.1) is 7.11 Å². The van der Waals surface area contributed by atoms with E-state index in [4.69, 9.17) is 4.74 Å². The maximum Gasteiger partial charge on any atom is 0.225 e. The zero-order valence-electron chi connectivity index (χ0n) is 13.1. The monoisotopic (exact) mass is 376 g/mol. The second-order valence-corrected chi connectivity index (χ2v) is 6.07. The molecule has 0 atom stereocenters. The molecule has 5 heteroatoms. The van der Waals surface area contributed by atoms with Crippen LogP contribution in [0.1, 0.15) is 12.0 Å². The lowest BCUT2D eigenvalue weighted by molar-refractivity contribution is -0.116. The molecule has 0 fully saturated rings. The van der Waals surface area contributed by atoms with Crippen molar-refractivity contribution in [3.63, 3.8) is 0 Å². The van der Waals surface area contributed by atoms with Crippen LogP contribution >= 0.6 is 15.9 Å². The van der Waals surface area contributed by atoms with Gasteiger partial charge in [0.2, 0.25) is 5.91 Å². The summed E-state index contributed by atoms with van der Waals surface area (Å²) < 4.78 is 6.13. The Labute approximate surface area is 145 Å². The lowest BCUT2D eigenvalue weighted by Gasteiger charge is -2.07. The fourth-order valence-electron chi connectivity index (χ4n) is 2.11. The third-order valence-corrected chi connectivity index (χ3v) is 3.93. The van der Waals surface area contributed by atoms with Gasteiger partial charge in [0.15, 0.2) is 0 Å². The molecule has 2 aromatic carbocycles. The Kier molecular flexibility index (Phi) is 7.10. The third-order valence-electron chi connectivity index (χ3n) is 3.41. The van der Waals surface area contributed by atoms with Crippen LogP contribution in [0.4, 0.5) is 5.69 Å². The summed E-state index contributed by atoms with van der Waals surface area (Å²) in [5.74, 6) is 0.885. The second kappa shape index (κ2) is 9.33. The molecule has 122 valence electrons. The van der Waals surface area contributed by atoms with E-state index in [1.807, 2.05) is 36.4 Å². The highest BCUT2D eigenvalue weighted by Gasteiger charge is 2.02. The Bertz CT molecular complexity index is 612. The maximum absolute atomic E-state index is 11.8. The first-order valence-electron chi connectivity index (χ1n) is 7.56. The number of rotatable bonds is 8. The molecule has 1 amide bonds. The van der Waals surface area contributed by atoms with E-state index < -0.39 is 0 Å². The second-order valence-electron chi connectivity index (χ2n) is 5.15. The van der Waals surface area contributed by atoms with Crippen LogP contribution in [0.5, 0.6) is 5.75 Å². The Morgan fingerprint density at radius 3 is 2.39 bits per heavy atom. The van der Waals surface area contributed by atoms with Crippen LogP contribution in [0, 0.1) is 0 Å². The van der Waals surface area contributed by atoms with Crippen molar-refractivity contribution >= 4 is 27.5 Å². The van der Waals surface area contributed by atoms with E-state index in [2.05, 4.69) is 38.7 Å². The van der Waals surface area contributed by atoms with Crippen molar-refractivity contribution in [3.8, 4) is 5.75 Å². The van der Waals surface area contributed by atoms with E-state index in [1.165, 1.54) is 5.56 Å². The quantitative estimate of drug-likeness (QED) is 0.691. The van der Waals surface area contributed by atoms with E-state index >= 15 is 0 Å². The molecule has 0 aliphatic rings. The van der Waals surface area contributed by atoms with Gasteiger partial charge in [-0.25, -0.2) is 0 Å². The molecule has 0 radical (unpaired) electrons. The normalized spacial score (nSPS) is 10.3. The molecular weight excluding hydrogens is 356 g/mol. The maximum atomic E-state index is 11.8. The molecule has 0 saturated heterocycles. The third kappa shape index (κ3) is 6.42. The molecule has 2 N–H and O–H groups in total. The van der Waals surface area contributed by atoms with Crippen LogP contribution < -0.4 is 15.4 Å². The number of amides is 1. The fourth-order valence-corrected chi connectivity index (χ4v) is 2.37. The van der Waals surface area contributed by atoms with Gasteiger partial charge in [-0.1, -0.05) is 28.1 Å². The molecule has 0 heterocycles. The summed E-state index contributed by atoms with van der Waals surface area (Å²) in [7, 11) is 1.66. The number of halogens is 1. The summed E-state index contributed by atoms with van der Waals surface area (Å²) in [5.41, 5.74) is 2.06. The van der Waals surface area contributed by atoms with E-state index in [-0.39, 0.29) is 5.91 Å². The first kappa shape index (κ1) is 17.5. The number of hydrogen-bond donors (Lipinski definition) is 2. The average molecular weight is 377 g/mol. The van der Waals surface area contributed by atoms with Gasteiger partial charge in [-0.15, -0.1) is 0 Å². The molecule has 0 aromatic heterocycles. The average Bonchev–Trinajstić information content (AvgIpc) is 2.57. The predicted molar refractivity (Wildman–Crippen MR) is 97.0 cm³/mol. The molecule has 0 spiro atoms. The van der Waals surface area contributed by atoms with Crippen molar-refractivity contribution in [3.05, 3.63) is 58.6 Å². The Morgan fingerprint density at radius 2 is 1.74 bits per heavy atom. The van der Waals surface area contributed by atoms with Gasteiger partial charge in [-0.3, -0.25) is 4.79 Å². The standard InChI is InChI=1S/C18H21BrN2O2/c1-23-17-8-2-14(3-9-17)10-12-20-13-11-18(22)21-16-6-4-15(19)5-7-16/h2-9,20H,10-13H2,1H3,(H,21,22). The Morgan fingerprint density at radius 1 is 1.04 bits per heavy atom. The summed E-state index contributed by atoms with van der Waals surface area (Å²) in [6.07, 6.45) is 1.39. The summed E-state index contributed by atoms with van der Waals surface area (Å²) in [6, 6.07) is 15.6. The molecule has 4 nitrogen and oxygen atoms in total. The van der Waals surface area contributed by atoms with Crippen LogP contribution in [0.2, 0.25) is 0 Å². The SMILES string of the molecule is COc1ccc(CCNCCC(=O)Nc2ccc(Br)cc2)cc1. The number of ether oxygens (including phenoxy) is 1. The van der Waals surface area contributed by atoms with Crippen molar-refractivity contribution < 1.29 is 9.53 Å². The highest BCUT2D eigenvalue weighted by Crippen LogP contribution is 2.14. The van der Waals surface area contributed by atoms with E-state index in [0.29, 0.717) is 13.0 Å². The number of hydrogen-bond acceptors (Lipinski definition) is 3. The van der Waals surface area contributed by atoms with Crippen molar-refractivity contribution in [2.45, 2.75) is 12.8 Å². The topological polar surface area (TPSA) is 50.4 Å². The number of nitrogens with one attached hydrogen (secondary N) is 2. The minimum Gasteiger partial charge on any atom is -0.497 e. The minimum absolute atomic E-state index is 0.0178. The molecule has 23 heavy (non-hydrogen) atoms. The van der Waals surface area contributed by atoms with Gasteiger partial charge in [0, 0.05) is 23.1 Å². The molecule has 0 saturated carbocycles. The number of carbonyl (C=O) groups excluding carboxylic acids is 1. The number of carbonyl (C=O) groups is 1. The number of methoxy groups -OCH3 is 1. The Balaban J connectivity index is 1.61. The fraction of sp³-hybridized carbons (Fsp3) is 0.278. The van der Waals surface area contributed by atoms with Crippen LogP contribution in [-0.4, -0.2) is 26.1 Å². The summed E-state index contributed by atoms with van der Waals surface area (Å²) in [6.45, 7) is 1.51. The molecule has 2 aromatic rings. The van der Waals surface area contributed by atoms with Gasteiger partial charge in [-0.2, -0.15) is 0 Å². The van der Waals surface area contributed by atoms with Gasteiger partial charge >= 0.3 is 0 Å². The van der Waals surface area contributed by atoms with Crippen molar-refractivity contribution in [2.75, 3.05) is 25.5 Å². The molecular formula is C18H21BrN2O2. The van der Waals surface area contributed by atoms with E-state index in [0.717, 1.165) is 28.9 Å². The van der Waals surface area contributed by atoms with E-state index in [9.17, 15) is 4.79 Å². The van der Waals surface area contributed by atoms with Crippen molar-refractivity contribution in [2.24, 2.45) is 0 Å². The first-order valence-corrected chi connectivity index (χ1v) is 8.36. The largest absolute Gasteiger partial charge is 0.497 e. The van der Waals surface area contributed by atoms with Crippen LogP contribution in [0.15, 0.2) is 53.0 Å². The van der Waals surface area contributed by atoms with Crippen LogP contribution in [0.25, 0.3) is 0 Å². The lowest BCUT2D eigenvalue weighted by Crippen LogP contribution is -2.23. The number of benzene rings is 2. The summed E-state index contributed by atoms with van der Waals surface area (Å²) >= 11 is 3.37. The van der Waals surface area contributed by atoms with Gasteiger partial charge in [-0.05, 0) is 54.9 Å². The summed E-state index contributed by atoms with van der Waals surface area (Å²) in [4.78, 5) is 11.8. The van der Waals surface area contributed by atoms with Gasteiger partial charge in [0.25, 0.3) is 0 Å². The van der Waals surface area contributed by atoms with E-state index in [1.54, 1.807) is 7.11 Å². The van der Waals surface area contributed by atoms with Crippen molar-refractivity contribution in [1.82, 2.24) is 5.32 Å². The summed E-state index contributed by atoms with van der Waals surface area (Å²) in [5, 5.41) is 6.17. The van der Waals surface area contributed by atoms with Crippen LogP contribution in [-0.2, 0) is 11.2 Å². The predicted octanol–water partition coefficient (Wildman–Crippen LogP) is 3.62. The first-order chi connectivity index (χ1) is 11.2. The minimum atomic E-state index is 0.0178. The Hall–Kier alpha value is -1.85. The van der Waals surface area contributed by atoms with Crippen molar-refractivity contribution in [1.29, 1.82) is 0 Å². The highest BCUT2D eigenvalue weighted by atomic mass is 79.9. The smallest absolute Gasteiger partial charge is 0.225 e. The highest BCUT2D eigenvalue weighted by molar-refractivity contribution is 9.10. The molecule has 0 bridgehead atoms.